The Labute approximate surface area is 142 Å². The van der Waals surface area contributed by atoms with Gasteiger partial charge in [-0.05, 0) is 66.0 Å². The minimum Gasteiger partial charge on any atom is -0.383 e. The van der Waals surface area contributed by atoms with Crippen molar-refractivity contribution in [1.29, 1.82) is 0 Å². The number of halogens is 3. The maximum Gasteiger partial charge on any atom is 0.251 e. The Morgan fingerprint density at radius 3 is 2.55 bits per heavy atom. The fourth-order valence-electron chi connectivity index (χ4n) is 1.31. The van der Waals surface area contributed by atoms with Crippen LogP contribution in [-0.4, -0.2) is 36.1 Å². The number of hydrogen-bond acceptors (Lipinski definition) is 4. The lowest BCUT2D eigenvalue weighted by atomic mass is 10.2. The zero-order valence-corrected chi connectivity index (χ0v) is 16.0. The summed E-state index contributed by atoms with van der Waals surface area (Å²) in [5, 5.41) is 2.62. The van der Waals surface area contributed by atoms with E-state index < -0.39 is 11.3 Å². The molecular formula is C11H12Br3NO4S. The number of nitrogens with one attached hydrogen (secondary N) is 1. The SMILES string of the molecule is COCCNC(=O)c1cccc(S(=O)(=O)C(Br)(Br)Br)c1. The summed E-state index contributed by atoms with van der Waals surface area (Å²) in [6.07, 6.45) is 0. The van der Waals surface area contributed by atoms with Crippen LogP contribution in [-0.2, 0) is 14.6 Å². The molecule has 9 heteroatoms. The van der Waals surface area contributed by atoms with Crippen LogP contribution < -0.4 is 5.32 Å². The number of carbonyl (C=O) groups is 1. The van der Waals surface area contributed by atoms with Crippen LogP contribution in [0.15, 0.2) is 29.2 Å². The number of hydrogen-bond donors (Lipinski definition) is 1. The quantitative estimate of drug-likeness (QED) is 0.505. The van der Waals surface area contributed by atoms with Crippen LogP contribution in [0.1, 0.15) is 10.4 Å². The first-order valence-electron chi connectivity index (χ1n) is 5.38. The number of carbonyl (C=O) groups excluding carboxylic acids is 1. The predicted molar refractivity (Wildman–Crippen MR) is 87.3 cm³/mol. The number of amides is 1. The van der Waals surface area contributed by atoms with Crippen molar-refractivity contribution in [2.45, 2.75) is 6.37 Å². The third-order valence-electron chi connectivity index (χ3n) is 2.30. The van der Waals surface area contributed by atoms with Gasteiger partial charge in [0, 0.05) is 19.2 Å². The van der Waals surface area contributed by atoms with E-state index in [9.17, 15) is 13.2 Å². The van der Waals surface area contributed by atoms with Gasteiger partial charge in [0.2, 0.25) is 11.3 Å². The third-order valence-corrected chi connectivity index (χ3v) is 7.62. The molecule has 0 atom stereocenters. The van der Waals surface area contributed by atoms with Gasteiger partial charge in [0.15, 0.2) is 0 Å². The Morgan fingerprint density at radius 2 is 2.00 bits per heavy atom. The highest BCUT2D eigenvalue weighted by atomic mass is 80.0. The van der Waals surface area contributed by atoms with E-state index in [2.05, 4.69) is 53.1 Å². The van der Waals surface area contributed by atoms with Gasteiger partial charge in [-0.25, -0.2) is 8.42 Å². The summed E-state index contributed by atoms with van der Waals surface area (Å²) in [6.45, 7) is 0.739. The molecule has 20 heavy (non-hydrogen) atoms. The fourth-order valence-corrected chi connectivity index (χ4v) is 3.80. The number of ether oxygens (including phenoxy) is 1. The number of benzene rings is 1. The number of rotatable bonds is 5. The Balaban J connectivity index is 3.00. The van der Waals surface area contributed by atoms with E-state index >= 15 is 0 Å². The lowest BCUT2D eigenvalue weighted by molar-refractivity contribution is 0.0937. The van der Waals surface area contributed by atoms with Crippen LogP contribution in [0.3, 0.4) is 0 Å². The van der Waals surface area contributed by atoms with Gasteiger partial charge in [-0.3, -0.25) is 4.79 Å². The lowest BCUT2D eigenvalue weighted by Crippen LogP contribution is -2.27. The van der Waals surface area contributed by atoms with E-state index in [1.54, 1.807) is 6.07 Å². The van der Waals surface area contributed by atoms with Crippen molar-refractivity contribution in [2.24, 2.45) is 0 Å². The van der Waals surface area contributed by atoms with Gasteiger partial charge in [0.25, 0.3) is 5.91 Å². The zero-order valence-electron chi connectivity index (χ0n) is 10.4. The Hall–Kier alpha value is 0.0400. The zero-order chi connectivity index (χ0) is 15.4. The molecule has 112 valence electrons. The molecule has 1 aromatic carbocycles. The van der Waals surface area contributed by atoms with E-state index in [4.69, 9.17) is 4.74 Å². The average Bonchev–Trinajstić information content (AvgIpc) is 2.37. The monoisotopic (exact) mass is 491 g/mol. The summed E-state index contributed by atoms with van der Waals surface area (Å²) < 4.78 is 27.7. The van der Waals surface area contributed by atoms with E-state index in [0.717, 1.165) is 0 Å². The number of methoxy groups -OCH3 is 1. The second-order valence-corrected chi connectivity index (χ2v) is 14.2. The highest BCUT2D eigenvalue weighted by molar-refractivity contribution is 9.42. The molecule has 0 bridgehead atoms. The summed E-state index contributed by atoms with van der Waals surface area (Å²) in [4.78, 5) is 11.9. The summed E-state index contributed by atoms with van der Waals surface area (Å²) >= 11 is 8.93. The normalized spacial score (nSPS) is 12.2. The topological polar surface area (TPSA) is 72.5 Å². The minimum absolute atomic E-state index is 0.0162. The van der Waals surface area contributed by atoms with E-state index in [1.807, 2.05) is 0 Å². The number of sulfone groups is 1. The molecule has 0 heterocycles. The van der Waals surface area contributed by atoms with E-state index in [0.29, 0.717) is 13.2 Å². The van der Waals surface area contributed by atoms with Crippen molar-refractivity contribution >= 4 is 63.5 Å². The maximum absolute atomic E-state index is 12.2. The number of alkyl halides is 3. The molecule has 0 fully saturated rings. The Bertz CT molecular complexity index is 584. The summed E-state index contributed by atoms with van der Waals surface area (Å²) in [7, 11) is -2.18. The van der Waals surface area contributed by atoms with Gasteiger partial charge in [-0.2, -0.15) is 0 Å². The molecule has 5 nitrogen and oxygen atoms in total. The van der Waals surface area contributed by atoms with Crippen molar-refractivity contribution < 1.29 is 17.9 Å². The van der Waals surface area contributed by atoms with Gasteiger partial charge >= 0.3 is 0 Å². The van der Waals surface area contributed by atoms with Gasteiger partial charge in [0.05, 0.1) is 11.5 Å². The van der Waals surface area contributed by atoms with Crippen LogP contribution >= 0.6 is 47.8 Å². The highest BCUT2D eigenvalue weighted by Gasteiger charge is 2.37. The van der Waals surface area contributed by atoms with Gasteiger partial charge in [-0.15, -0.1) is 0 Å². The molecule has 0 spiro atoms. The molecule has 0 aliphatic rings. The van der Waals surface area contributed by atoms with Gasteiger partial charge in [-0.1, -0.05) is 6.07 Å². The maximum atomic E-state index is 12.2. The first-order chi connectivity index (χ1) is 9.20. The van der Waals surface area contributed by atoms with Crippen LogP contribution in [0.25, 0.3) is 0 Å². The van der Waals surface area contributed by atoms with Crippen molar-refractivity contribution in [3.8, 4) is 0 Å². The molecule has 0 saturated heterocycles. The van der Waals surface area contributed by atoms with Crippen LogP contribution in [0.2, 0.25) is 0 Å². The Kier molecular flexibility index (Phi) is 6.65. The molecule has 0 saturated carbocycles. The molecule has 1 rings (SSSR count). The molecule has 0 radical (unpaired) electrons. The van der Waals surface area contributed by atoms with Crippen LogP contribution in [0.4, 0.5) is 0 Å². The third kappa shape index (κ3) is 4.52. The first kappa shape index (κ1) is 18.1. The van der Waals surface area contributed by atoms with Crippen molar-refractivity contribution in [3.63, 3.8) is 0 Å². The Morgan fingerprint density at radius 1 is 1.35 bits per heavy atom. The average molecular weight is 494 g/mol. The minimum atomic E-state index is -3.71. The van der Waals surface area contributed by atoms with Crippen LogP contribution in [0.5, 0.6) is 0 Å². The molecule has 1 N–H and O–H groups in total. The summed E-state index contributed by atoms with van der Waals surface area (Å²) in [5.41, 5.74) is 0.263. The summed E-state index contributed by atoms with van der Waals surface area (Å²) in [6, 6.07) is 5.78. The van der Waals surface area contributed by atoms with E-state index in [1.165, 1.54) is 25.3 Å². The van der Waals surface area contributed by atoms with Crippen molar-refractivity contribution in [3.05, 3.63) is 29.8 Å². The van der Waals surface area contributed by atoms with Gasteiger partial charge < -0.3 is 10.1 Å². The van der Waals surface area contributed by atoms with Crippen molar-refractivity contribution in [1.82, 2.24) is 5.32 Å². The summed E-state index contributed by atoms with van der Waals surface area (Å²) in [5.74, 6) is -0.358. The first-order valence-corrected chi connectivity index (χ1v) is 9.25. The molecular weight excluding hydrogens is 482 g/mol. The second kappa shape index (κ2) is 7.35. The highest BCUT2D eigenvalue weighted by Crippen LogP contribution is 2.43. The molecule has 1 aromatic rings. The molecule has 0 aliphatic heterocycles. The van der Waals surface area contributed by atoms with Gasteiger partial charge in [0.1, 0.15) is 0 Å². The molecule has 0 aromatic heterocycles. The largest absolute Gasteiger partial charge is 0.383 e. The fraction of sp³-hybridized carbons (Fsp3) is 0.364. The molecule has 1 amide bonds. The van der Waals surface area contributed by atoms with Crippen molar-refractivity contribution in [2.75, 3.05) is 20.3 Å². The smallest absolute Gasteiger partial charge is 0.251 e. The molecule has 0 unspecified atom stereocenters. The van der Waals surface area contributed by atoms with E-state index in [-0.39, 0.29) is 16.4 Å². The van der Waals surface area contributed by atoms with Crippen LogP contribution in [0, 0.1) is 0 Å². The lowest BCUT2D eigenvalue weighted by Gasteiger charge is -2.14. The second-order valence-electron chi connectivity index (χ2n) is 3.73. The predicted octanol–water partition coefficient (Wildman–Crippen LogP) is 2.63. The molecule has 0 aliphatic carbocycles. The standard InChI is InChI=1S/C11H12Br3NO4S/c1-19-6-5-15-10(16)8-3-2-4-9(7-8)20(17,18)11(12,13)14/h2-4,7H,5-6H2,1H3,(H,15,16).